The van der Waals surface area contributed by atoms with Gasteiger partial charge in [-0.25, -0.2) is 13.6 Å². The Labute approximate surface area is 112 Å². The van der Waals surface area contributed by atoms with Crippen LogP contribution in [0.4, 0.5) is 17.1 Å². The Kier molecular flexibility index (Phi) is 3.46. The first-order valence-electron chi connectivity index (χ1n) is 5.60. The molecule has 0 radical (unpaired) electrons. The van der Waals surface area contributed by atoms with Crippen molar-refractivity contribution in [3.8, 4) is 0 Å². The van der Waals surface area contributed by atoms with E-state index in [2.05, 4.69) is 0 Å². The van der Waals surface area contributed by atoms with Crippen molar-refractivity contribution in [1.82, 2.24) is 0 Å². The fraction of sp³-hybridized carbons (Fsp3) is 0.0769. The van der Waals surface area contributed by atoms with Gasteiger partial charge in [-0.1, -0.05) is 18.2 Å². The van der Waals surface area contributed by atoms with Crippen molar-refractivity contribution in [2.45, 2.75) is 4.90 Å². The van der Waals surface area contributed by atoms with Crippen LogP contribution in [-0.2, 0) is 10.0 Å². The summed E-state index contributed by atoms with van der Waals surface area (Å²) in [6.07, 6.45) is 0. The number of para-hydroxylation sites is 1. The molecule has 0 bridgehead atoms. The minimum absolute atomic E-state index is 0.0128. The maximum atomic E-state index is 11.6. The average molecular weight is 277 g/mol. The van der Waals surface area contributed by atoms with Crippen molar-refractivity contribution in [3.05, 3.63) is 48.5 Å². The van der Waals surface area contributed by atoms with Crippen LogP contribution in [-0.4, -0.2) is 15.5 Å². The molecule has 5 nitrogen and oxygen atoms in total. The second kappa shape index (κ2) is 4.91. The standard InChI is InChI=1S/C13H15N3O2S/c1-16(11-5-3-2-4-6-11)12-8-7-10(14)9-13(12)19(15,17)18/h2-9H,14H2,1H3,(H2,15,17,18). The highest BCUT2D eigenvalue weighted by Crippen LogP contribution is 2.30. The first-order chi connectivity index (χ1) is 8.89. The van der Waals surface area contributed by atoms with Gasteiger partial charge in [-0.3, -0.25) is 0 Å². The Balaban J connectivity index is 2.57. The Morgan fingerprint density at radius 2 is 1.68 bits per heavy atom. The molecule has 0 spiro atoms. The Morgan fingerprint density at radius 3 is 2.26 bits per heavy atom. The third-order valence-corrected chi connectivity index (χ3v) is 3.74. The van der Waals surface area contributed by atoms with Gasteiger partial charge in [0.1, 0.15) is 4.90 Å². The van der Waals surface area contributed by atoms with E-state index < -0.39 is 10.0 Å². The molecule has 0 amide bonds. The molecule has 2 aromatic carbocycles. The second-order valence-electron chi connectivity index (χ2n) is 4.17. The molecule has 0 heterocycles. The molecule has 0 aliphatic carbocycles. The summed E-state index contributed by atoms with van der Waals surface area (Å²) in [4.78, 5) is 1.76. The molecule has 2 aromatic rings. The highest BCUT2D eigenvalue weighted by molar-refractivity contribution is 7.89. The molecule has 19 heavy (non-hydrogen) atoms. The normalized spacial score (nSPS) is 11.3. The summed E-state index contributed by atoms with van der Waals surface area (Å²) in [5.74, 6) is 0. The average Bonchev–Trinajstić information content (AvgIpc) is 2.38. The minimum atomic E-state index is -3.83. The van der Waals surface area contributed by atoms with E-state index in [0.717, 1.165) is 5.69 Å². The van der Waals surface area contributed by atoms with E-state index in [-0.39, 0.29) is 4.90 Å². The Morgan fingerprint density at radius 1 is 1.05 bits per heavy atom. The number of nitrogens with two attached hydrogens (primary N) is 2. The number of primary sulfonamides is 1. The first kappa shape index (κ1) is 13.4. The number of hydrogen-bond acceptors (Lipinski definition) is 4. The number of rotatable bonds is 3. The van der Waals surface area contributed by atoms with Crippen LogP contribution < -0.4 is 15.8 Å². The monoisotopic (exact) mass is 277 g/mol. The highest BCUT2D eigenvalue weighted by atomic mass is 32.2. The van der Waals surface area contributed by atoms with Gasteiger partial charge in [0.25, 0.3) is 0 Å². The van der Waals surface area contributed by atoms with Crippen LogP contribution in [0.5, 0.6) is 0 Å². The number of nitrogen functional groups attached to an aromatic ring is 1. The third-order valence-electron chi connectivity index (χ3n) is 2.80. The summed E-state index contributed by atoms with van der Waals surface area (Å²) in [5, 5.41) is 5.23. The Bertz CT molecular complexity index is 684. The highest BCUT2D eigenvalue weighted by Gasteiger charge is 2.17. The lowest BCUT2D eigenvalue weighted by atomic mass is 10.2. The molecule has 0 aromatic heterocycles. The van der Waals surface area contributed by atoms with E-state index in [1.165, 1.54) is 6.07 Å². The Hall–Kier alpha value is -2.05. The molecular formula is C13H15N3O2S. The second-order valence-corrected chi connectivity index (χ2v) is 5.70. The fourth-order valence-corrected chi connectivity index (χ4v) is 2.62. The molecule has 0 aliphatic heterocycles. The van der Waals surface area contributed by atoms with E-state index in [0.29, 0.717) is 11.4 Å². The van der Waals surface area contributed by atoms with Crippen molar-refractivity contribution in [2.24, 2.45) is 5.14 Å². The van der Waals surface area contributed by atoms with Crippen LogP contribution in [0, 0.1) is 0 Å². The van der Waals surface area contributed by atoms with Gasteiger partial charge < -0.3 is 10.6 Å². The smallest absolute Gasteiger partial charge is 0.240 e. The summed E-state index contributed by atoms with van der Waals surface area (Å²) >= 11 is 0. The molecule has 4 N–H and O–H groups in total. The minimum Gasteiger partial charge on any atom is -0.399 e. The van der Waals surface area contributed by atoms with Gasteiger partial charge in [-0.15, -0.1) is 0 Å². The van der Waals surface area contributed by atoms with Gasteiger partial charge in [-0.2, -0.15) is 0 Å². The number of hydrogen-bond donors (Lipinski definition) is 2. The van der Waals surface area contributed by atoms with Gasteiger partial charge in [0.05, 0.1) is 5.69 Å². The molecule has 0 saturated carbocycles. The van der Waals surface area contributed by atoms with Gasteiger partial charge in [0, 0.05) is 18.4 Å². The topological polar surface area (TPSA) is 89.4 Å². The molecule has 0 atom stereocenters. The zero-order valence-electron chi connectivity index (χ0n) is 10.4. The van der Waals surface area contributed by atoms with Crippen molar-refractivity contribution in [3.63, 3.8) is 0 Å². The maximum Gasteiger partial charge on any atom is 0.240 e. The summed E-state index contributed by atoms with van der Waals surface area (Å²) in [5.41, 5.74) is 7.33. The van der Waals surface area contributed by atoms with E-state index in [9.17, 15) is 8.42 Å². The summed E-state index contributed by atoms with van der Waals surface area (Å²) < 4.78 is 23.3. The fourth-order valence-electron chi connectivity index (χ4n) is 1.83. The van der Waals surface area contributed by atoms with Gasteiger partial charge >= 0.3 is 0 Å². The maximum absolute atomic E-state index is 11.6. The summed E-state index contributed by atoms with van der Waals surface area (Å²) in [6, 6.07) is 14.0. The third kappa shape index (κ3) is 2.86. The zero-order valence-corrected chi connectivity index (χ0v) is 11.3. The van der Waals surface area contributed by atoms with Crippen LogP contribution in [0.1, 0.15) is 0 Å². The summed E-state index contributed by atoms with van der Waals surface area (Å²) in [6.45, 7) is 0. The first-order valence-corrected chi connectivity index (χ1v) is 7.15. The molecule has 0 fully saturated rings. The molecule has 2 rings (SSSR count). The molecule has 0 saturated heterocycles. The van der Waals surface area contributed by atoms with Gasteiger partial charge in [0.2, 0.25) is 10.0 Å². The number of anilines is 3. The predicted octanol–water partition coefficient (Wildman–Crippen LogP) is 1.68. The number of benzene rings is 2. The SMILES string of the molecule is CN(c1ccccc1)c1ccc(N)cc1S(N)(=O)=O. The largest absolute Gasteiger partial charge is 0.399 e. The van der Waals surface area contributed by atoms with Crippen LogP contribution >= 0.6 is 0 Å². The quantitative estimate of drug-likeness (QED) is 0.835. The van der Waals surface area contributed by atoms with E-state index in [4.69, 9.17) is 10.9 Å². The van der Waals surface area contributed by atoms with Crippen LogP contribution in [0.3, 0.4) is 0 Å². The predicted molar refractivity (Wildman–Crippen MR) is 76.7 cm³/mol. The van der Waals surface area contributed by atoms with Crippen molar-refractivity contribution in [2.75, 3.05) is 17.7 Å². The number of sulfonamides is 1. The molecule has 6 heteroatoms. The molecular weight excluding hydrogens is 262 g/mol. The van der Waals surface area contributed by atoms with Crippen molar-refractivity contribution >= 4 is 27.1 Å². The summed E-state index contributed by atoms with van der Waals surface area (Å²) in [7, 11) is -2.06. The molecule has 0 unspecified atom stereocenters. The lowest BCUT2D eigenvalue weighted by molar-refractivity contribution is 0.598. The van der Waals surface area contributed by atoms with Crippen molar-refractivity contribution in [1.29, 1.82) is 0 Å². The molecule has 0 aliphatic rings. The van der Waals surface area contributed by atoms with Crippen molar-refractivity contribution < 1.29 is 8.42 Å². The van der Waals surface area contributed by atoms with Crippen LogP contribution in [0.15, 0.2) is 53.4 Å². The van der Waals surface area contributed by atoms with E-state index in [1.54, 1.807) is 24.1 Å². The van der Waals surface area contributed by atoms with E-state index in [1.807, 2.05) is 30.3 Å². The van der Waals surface area contributed by atoms with E-state index >= 15 is 0 Å². The van der Waals surface area contributed by atoms with Crippen LogP contribution in [0.2, 0.25) is 0 Å². The van der Waals surface area contributed by atoms with Gasteiger partial charge in [-0.05, 0) is 30.3 Å². The lowest BCUT2D eigenvalue weighted by Gasteiger charge is -2.22. The lowest BCUT2D eigenvalue weighted by Crippen LogP contribution is -2.19. The molecule has 100 valence electrons. The van der Waals surface area contributed by atoms with Gasteiger partial charge in [0.15, 0.2) is 0 Å². The van der Waals surface area contributed by atoms with Crippen LogP contribution in [0.25, 0.3) is 0 Å². The number of nitrogens with zero attached hydrogens (tertiary/aromatic N) is 1. The zero-order chi connectivity index (χ0) is 14.0.